The van der Waals surface area contributed by atoms with Crippen molar-refractivity contribution in [3.05, 3.63) is 24.0 Å². The number of aliphatic imine (C=N–C) groups is 1. The number of nitrogens with zero attached hydrogens (tertiary/aromatic N) is 2. The Morgan fingerprint density at radius 3 is 2.29 bits per heavy atom. The molecule has 0 aromatic carbocycles. The van der Waals surface area contributed by atoms with E-state index >= 15 is 0 Å². The molecule has 0 aliphatic heterocycles. The maximum Gasteiger partial charge on any atom is 0.0356 e. The second kappa shape index (κ2) is 16.6. The van der Waals surface area contributed by atoms with Crippen molar-refractivity contribution in [1.29, 1.82) is 0 Å². The molecule has 0 aromatic rings. The first-order chi connectivity index (χ1) is 14.7. The molecule has 2 heteroatoms. The molecule has 0 fully saturated rings. The van der Waals surface area contributed by atoms with Gasteiger partial charge < -0.3 is 4.90 Å². The molecular weight excluding hydrogens is 376 g/mol. The summed E-state index contributed by atoms with van der Waals surface area (Å²) in [6.45, 7) is 24.0. The van der Waals surface area contributed by atoms with Gasteiger partial charge in [-0.2, -0.15) is 0 Å². The first-order valence-electron chi connectivity index (χ1n) is 13.1. The first-order valence-corrected chi connectivity index (χ1v) is 13.1. The SMILES string of the molecule is C=N/C(=C/CCC)CCCCC(C(C)CN(C)/C=C\C)C(C)(CCC)C(C)CC(C)C. The largest absolute Gasteiger partial charge is 0.380 e. The lowest BCUT2D eigenvalue weighted by atomic mass is 9.59. The lowest BCUT2D eigenvalue weighted by molar-refractivity contribution is 0.0265. The first kappa shape index (κ1) is 29.9. The van der Waals surface area contributed by atoms with Gasteiger partial charge >= 0.3 is 0 Å². The Labute approximate surface area is 196 Å². The third-order valence-corrected chi connectivity index (χ3v) is 7.32. The van der Waals surface area contributed by atoms with Gasteiger partial charge in [0, 0.05) is 19.3 Å². The van der Waals surface area contributed by atoms with Gasteiger partial charge in [-0.1, -0.05) is 79.9 Å². The molecule has 0 bridgehead atoms. The van der Waals surface area contributed by atoms with Crippen LogP contribution in [-0.2, 0) is 0 Å². The molecule has 31 heavy (non-hydrogen) atoms. The molecule has 0 spiro atoms. The van der Waals surface area contributed by atoms with E-state index in [1.54, 1.807) is 0 Å². The van der Waals surface area contributed by atoms with Crippen LogP contribution in [0.3, 0.4) is 0 Å². The van der Waals surface area contributed by atoms with Crippen LogP contribution in [-0.4, -0.2) is 25.2 Å². The molecular formula is C29H56N2. The monoisotopic (exact) mass is 432 g/mol. The number of rotatable bonds is 18. The molecule has 182 valence electrons. The van der Waals surface area contributed by atoms with E-state index in [0.717, 1.165) is 37.1 Å². The van der Waals surface area contributed by atoms with Crippen molar-refractivity contribution in [3.8, 4) is 0 Å². The molecule has 4 unspecified atom stereocenters. The molecule has 0 heterocycles. The number of allylic oxidation sites excluding steroid dienone is 3. The standard InChI is InChI=1S/C29H56N2/c1-11-14-17-27(30-9)18-15-16-19-28(25(6)23-31(10)21-13-3)29(8,20-12-2)26(7)22-24(4)5/h13,17,21,24-26,28H,9,11-12,14-16,18-20,22-23H2,1-8,10H3/b21-13-,27-17+. The van der Waals surface area contributed by atoms with Gasteiger partial charge in [-0.3, -0.25) is 4.99 Å². The van der Waals surface area contributed by atoms with Gasteiger partial charge in [0.05, 0.1) is 0 Å². The third-order valence-electron chi connectivity index (χ3n) is 7.32. The minimum absolute atomic E-state index is 0.396. The Hall–Kier alpha value is -1.05. The summed E-state index contributed by atoms with van der Waals surface area (Å²) in [5.74, 6) is 2.94. The van der Waals surface area contributed by atoms with E-state index in [1.165, 1.54) is 50.6 Å². The highest BCUT2D eigenvalue weighted by Gasteiger charge is 2.40. The van der Waals surface area contributed by atoms with Crippen molar-refractivity contribution in [1.82, 2.24) is 4.90 Å². The molecule has 0 aromatic heterocycles. The molecule has 0 N–H and O–H groups in total. The van der Waals surface area contributed by atoms with Crippen LogP contribution in [0.15, 0.2) is 29.0 Å². The van der Waals surface area contributed by atoms with Gasteiger partial charge in [-0.25, -0.2) is 0 Å². The maximum atomic E-state index is 4.27. The second-order valence-electron chi connectivity index (χ2n) is 10.7. The van der Waals surface area contributed by atoms with E-state index in [4.69, 9.17) is 0 Å². The van der Waals surface area contributed by atoms with Crippen LogP contribution in [0.4, 0.5) is 0 Å². The molecule has 0 saturated carbocycles. The van der Waals surface area contributed by atoms with Crippen molar-refractivity contribution < 1.29 is 0 Å². The Balaban J connectivity index is 5.47. The van der Waals surface area contributed by atoms with Gasteiger partial charge in [-0.15, -0.1) is 0 Å². The lowest BCUT2D eigenvalue weighted by Gasteiger charge is -2.47. The summed E-state index contributed by atoms with van der Waals surface area (Å²) in [4.78, 5) is 6.65. The van der Waals surface area contributed by atoms with Gasteiger partial charge in [-0.05, 0) is 87.5 Å². The van der Waals surface area contributed by atoms with Crippen LogP contribution in [0.2, 0.25) is 0 Å². The summed E-state index contributed by atoms with van der Waals surface area (Å²) in [6, 6.07) is 0. The molecule has 0 radical (unpaired) electrons. The molecule has 0 aliphatic rings. The Morgan fingerprint density at radius 1 is 1.10 bits per heavy atom. The third kappa shape index (κ3) is 11.4. The highest BCUT2D eigenvalue weighted by molar-refractivity contribution is 5.28. The molecule has 0 rings (SSSR count). The van der Waals surface area contributed by atoms with Gasteiger partial charge in [0.2, 0.25) is 0 Å². The minimum atomic E-state index is 0.396. The average molecular weight is 433 g/mol. The normalized spacial score (nSPS) is 17.5. The summed E-state index contributed by atoms with van der Waals surface area (Å²) in [7, 11) is 2.23. The molecule has 0 saturated heterocycles. The van der Waals surface area contributed by atoms with E-state index in [2.05, 4.69) is 97.4 Å². The van der Waals surface area contributed by atoms with Crippen LogP contribution < -0.4 is 0 Å². The van der Waals surface area contributed by atoms with E-state index in [-0.39, 0.29) is 0 Å². The van der Waals surface area contributed by atoms with Gasteiger partial charge in [0.1, 0.15) is 0 Å². The zero-order valence-electron chi connectivity index (χ0n) is 22.7. The van der Waals surface area contributed by atoms with E-state index < -0.39 is 0 Å². The van der Waals surface area contributed by atoms with Crippen molar-refractivity contribution in [2.45, 2.75) is 113 Å². The summed E-state index contributed by atoms with van der Waals surface area (Å²) in [5, 5.41) is 0. The smallest absolute Gasteiger partial charge is 0.0356 e. The fourth-order valence-electron chi connectivity index (χ4n) is 5.70. The topological polar surface area (TPSA) is 15.6 Å². The van der Waals surface area contributed by atoms with Crippen molar-refractivity contribution in [2.75, 3.05) is 13.6 Å². The summed E-state index contributed by atoms with van der Waals surface area (Å²) in [6.07, 6.45) is 17.8. The molecule has 0 amide bonds. The Kier molecular flexibility index (Phi) is 16.0. The van der Waals surface area contributed by atoms with Crippen molar-refractivity contribution in [3.63, 3.8) is 0 Å². The zero-order chi connectivity index (χ0) is 23.9. The fourth-order valence-corrected chi connectivity index (χ4v) is 5.70. The van der Waals surface area contributed by atoms with Crippen LogP contribution in [0.5, 0.6) is 0 Å². The van der Waals surface area contributed by atoms with Crippen LogP contribution in [0, 0.1) is 29.1 Å². The number of hydrogen-bond acceptors (Lipinski definition) is 2. The highest BCUT2D eigenvalue weighted by Crippen LogP contribution is 2.48. The lowest BCUT2D eigenvalue weighted by Crippen LogP contribution is -2.41. The second-order valence-corrected chi connectivity index (χ2v) is 10.7. The average Bonchev–Trinajstić information content (AvgIpc) is 2.69. The molecule has 0 aliphatic carbocycles. The molecule has 2 nitrogen and oxygen atoms in total. The van der Waals surface area contributed by atoms with E-state index in [0.29, 0.717) is 11.3 Å². The summed E-state index contributed by atoms with van der Waals surface area (Å²) >= 11 is 0. The summed E-state index contributed by atoms with van der Waals surface area (Å²) in [5.41, 5.74) is 1.59. The van der Waals surface area contributed by atoms with Gasteiger partial charge in [0.15, 0.2) is 0 Å². The Bertz CT molecular complexity index is 519. The number of hydrogen-bond donors (Lipinski definition) is 0. The Morgan fingerprint density at radius 2 is 1.77 bits per heavy atom. The summed E-state index contributed by atoms with van der Waals surface area (Å²) < 4.78 is 0. The van der Waals surface area contributed by atoms with Crippen molar-refractivity contribution in [2.24, 2.45) is 34.1 Å². The van der Waals surface area contributed by atoms with Gasteiger partial charge in [0.25, 0.3) is 0 Å². The number of unbranched alkanes of at least 4 members (excludes halogenated alkanes) is 2. The van der Waals surface area contributed by atoms with Crippen LogP contribution in [0.1, 0.15) is 113 Å². The predicted molar refractivity (Wildman–Crippen MR) is 143 cm³/mol. The highest BCUT2D eigenvalue weighted by atomic mass is 15.1. The van der Waals surface area contributed by atoms with Crippen LogP contribution >= 0.6 is 0 Å². The van der Waals surface area contributed by atoms with E-state index in [9.17, 15) is 0 Å². The van der Waals surface area contributed by atoms with Crippen molar-refractivity contribution >= 4 is 6.72 Å². The van der Waals surface area contributed by atoms with Crippen LogP contribution in [0.25, 0.3) is 0 Å². The molecule has 4 atom stereocenters. The predicted octanol–water partition coefficient (Wildman–Crippen LogP) is 9.14. The maximum absolute atomic E-state index is 4.27. The minimum Gasteiger partial charge on any atom is -0.380 e. The van der Waals surface area contributed by atoms with E-state index in [1.807, 2.05) is 0 Å². The fraction of sp³-hybridized carbons (Fsp3) is 0.828. The quantitative estimate of drug-likeness (QED) is 0.156. The zero-order valence-corrected chi connectivity index (χ0v) is 22.7.